The van der Waals surface area contributed by atoms with Gasteiger partial charge in [-0.3, -0.25) is 9.69 Å². The van der Waals surface area contributed by atoms with Crippen LogP contribution in [0.4, 0.5) is 5.69 Å². The molecule has 4 nitrogen and oxygen atoms in total. The van der Waals surface area contributed by atoms with Crippen LogP contribution in [0.1, 0.15) is 32.3 Å². The third kappa shape index (κ3) is 3.81. The molecular weight excluding hydrogens is 250 g/mol. The summed E-state index contributed by atoms with van der Waals surface area (Å²) >= 11 is 0. The summed E-state index contributed by atoms with van der Waals surface area (Å²) in [5.74, 6) is 0.852. The van der Waals surface area contributed by atoms with Gasteiger partial charge in [-0.2, -0.15) is 0 Å². The van der Waals surface area contributed by atoms with Crippen molar-refractivity contribution in [3.8, 4) is 0 Å². The number of nitrogens with one attached hydrogen (secondary N) is 1. The number of benzene rings is 1. The van der Waals surface area contributed by atoms with Crippen LogP contribution < -0.4 is 11.1 Å². The number of carbonyl (C=O) groups excluding carboxylic acids is 1. The Morgan fingerprint density at radius 3 is 2.50 bits per heavy atom. The second-order valence-electron chi connectivity index (χ2n) is 5.78. The second-order valence-corrected chi connectivity index (χ2v) is 5.78. The molecule has 4 heteroatoms. The fraction of sp³-hybridized carbons (Fsp3) is 0.562. The molecule has 2 rings (SSSR count). The average Bonchev–Trinajstić information content (AvgIpc) is 2.48. The van der Waals surface area contributed by atoms with Crippen molar-refractivity contribution in [3.63, 3.8) is 0 Å². The molecule has 1 aliphatic rings. The Bertz CT molecular complexity index is 436. The molecule has 1 fully saturated rings. The zero-order valence-corrected chi connectivity index (χ0v) is 12.4. The summed E-state index contributed by atoms with van der Waals surface area (Å²) in [6.07, 6.45) is 2.37. The van der Waals surface area contributed by atoms with Crippen molar-refractivity contribution in [1.82, 2.24) is 4.90 Å². The van der Waals surface area contributed by atoms with Crippen molar-refractivity contribution in [1.29, 1.82) is 0 Å². The van der Waals surface area contributed by atoms with Gasteiger partial charge in [0.1, 0.15) is 0 Å². The minimum absolute atomic E-state index is 0.0695. The van der Waals surface area contributed by atoms with Gasteiger partial charge in [0.05, 0.1) is 6.04 Å². The van der Waals surface area contributed by atoms with E-state index in [2.05, 4.69) is 17.1 Å². The maximum absolute atomic E-state index is 12.3. The lowest BCUT2D eigenvalue weighted by molar-refractivity contribution is -0.121. The zero-order chi connectivity index (χ0) is 14.5. The number of nitrogens with two attached hydrogens (primary N) is 1. The number of amides is 1. The van der Waals surface area contributed by atoms with E-state index >= 15 is 0 Å². The van der Waals surface area contributed by atoms with Crippen LogP contribution in [0.25, 0.3) is 0 Å². The van der Waals surface area contributed by atoms with Gasteiger partial charge in [0, 0.05) is 12.2 Å². The molecule has 0 aliphatic carbocycles. The number of anilines is 1. The number of hydrogen-bond donors (Lipinski definition) is 2. The summed E-state index contributed by atoms with van der Waals surface area (Å²) in [6.45, 7) is 6.82. The van der Waals surface area contributed by atoms with Gasteiger partial charge < -0.3 is 11.1 Å². The maximum atomic E-state index is 12.3. The Balaban J connectivity index is 1.89. The first kappa shape index (κ1) is 15.0. The van der Waals surface area contributed by atoms with Crippen molar-refractivity contribution < 1.29 is 4.79 Å². The zero-order valence-electron chi connectivity index (χ0n) is 12.4. The van der Waals surface area contributed by atoms with Gasteiger partial charge >= 0.3 is 0 Å². The standard InChI is InChI=1S/C16H25N3O/c1-12-7-9-19(10-8-12)13(2)16(20)18-15-5-3-14(11-17)4-6-15/h3-6,12-13H,7-11,17H2,1-2H3,(H,18,20). The van der Waals surface area contributed by atoms with E-state index in [4.69, 9.17) is 5.73 Å². The van der Waals surface area contributed by atoms with Gasteiger partial charge in [-0.25, -0.2) is 0 Å². The normalized spacial score (nSPS) is 18.8. The first-order valence-electron chi connectivity index (χ1n) is 7.44. The molecule has 110 valence electrons. The Hall–Kier alpha value is -1.39. The third-order valence-corrected chi connectivity index (χ3v) is 4.20. The Morgan fingerprint density at radius 1 is 1.35 bits per heavy atom. The van der Waals surface area contributed by atoms with Crippen LogP contribution in [0.3, 0.4) is 0 Å². The summed E-state index contributed by atoms with van der Waals surface area (Å²) in [5.41, 5.74) is 7.47. The van der Waals surface area contributed by atoms with E-state index < -0.39 is 0 Å². The topological polar surface area (TPSA) is 58.4 Å². The number of hydrogen-bond acceptors (Lipinski definition) is 3. The number of likely N-dealkylation sites (tertiary alicyclic amines) is 1. The summed E-state index contributed by atoms with van der Waals surface area (Å²) in [5, 5.41) is 2.98. The van der Waals surface area contributed by atoms with Crippen LogP contribution in [0.2, 0.25) is 0 Å². The van der Waals surface area contributed by atoms with Gasteiger partial charge in [0.2, 0.25) is 5.91 Å². The molecule has 0 radical (unpaired) electrons. The highest BCUT2D eigenvalue weighted by molar-refractivity contribution is 5.94. The number of carbonyl (C=O) groups is 1. The molecule has 1 aromatic carbocycles. The van der Waals surface area contributed by atoms with E-state index in [1.54, 1.807) is 0 Å². The quantitative estimate of drug-likeness (QED) is 0.885. The van der Waals surface area contributed by atoms with Crippen molar-refractivity contribution in [2.75, 3.05) is 18.4 Å². The first-order valence-corrected chi connectivity index (χ1v) is 7.44. The smallest absolute Gasteiger partial charge is 0.241 e. The van der Waals surface area contributed by atoms with E-state index in [1.165, 1.54) is 12.8 Å². The lowest BCUT2D eigenvalue weighted by atomic mass is 9.98. The second kappa shape index (κ2) is 6.86. The number of piperidine rings is 1. The fourth-order valence-electron chi connectivity index (χ4n) is 2.55. The van der Waals surface area contributed by atoms with E-state index in [-0.39, 0.29) is 11.9 Å². The molecule has 0 bridgehead atoms. The Morgan fingerprint density at radius 2 is 1.95 bits per heavy atom. The highest BCUT2D eigenvalue weighted by Crippen LogP contribution is 2.19. The third-order valence-electron chi connectivity index (χ3n) is 4.20. The van der Waals surface area contributed by atoms with Crippen LogP contribution in [0.5, 0.6) is 0 Å². The van der Waals surface area contributed by atoms with Crippen molar-refractivity contribution in [2.45, 2.75) is 39.3 Å². The Labute approximate surface area is 121 Å². The van der Waals surface area contributed by atoms with Crippen LogP contribution in [0, 0.1) is 5.92 Å². The van der Waals surface area contributed by atoms with Gasteiger partial charge in [0.15, 0.2) is 0 Å². The molecule has 0 spiro atoms. The van der Waals surface area contributed by atoms with E-state index in [0.29, 0.717) is 6.54 Å². The highest BCUT2D eigenvalue weighted by atomic mass is 16.2. The summed E-state index contributed by atoms with van der Waals surface area (Å²) in [7, 11) is 0. The lowest BCUT2D eigenvalue weighted by Crippen LogP contribution is -2.45. The highest BCUT2D eigenvalue weighted by Gasteiger charge is 2.24. The average molecular weight is 275 g/mol. The van der Waals surface area contributed by atoms with E-state index in [1.807, 2.05) is 31.2 Å². The maximum Gasteiger partial charge on any atom is 0.241 e. The molecule has 1 aromatic rings. The molecule has 1 unspecified atom stereocenters. The molecular formula is C16H25N3O. The number of rotatable bonds is 4. The molecule has 1 aliphatic heterocycles. The Kier molecular flexibility index (Phi) is 5.15. The summed E-state index contributed by atoms with van der Waals surface area (Å²) in [4.78, 5) is 14.5. The predicted molar refractivity (Wildman–Crippen MR) is 82.4 cm³/mol. The number of nitrogens with zero attached hydrogens (tertiary/aromatic N) is 1. The van der Waals surface area contributed by atoms with Crippen molar-refractivity contribution >= 4 is 11.6 Å². The molecule has 1 atom stereocenters. The molecule has 3 N–H and O–H groups in total. The SMILES string of the molecule is CC1CCN(C(C)C(=O)Nc2ccc(CN)cc2)CC1. The predicted octanol–water partition coefficient (Wildman–Crippen LogP) is 2.20. The minimum Gasteiger partial charge on any atom is -0.326 e. The van der Waals surface area contributed by atoms with Crippen molar-refractivity contribution in [2.24, 2.45) is 11.7 Å². The molecule has 0 saturated carbocycles. The fourth-order valence-corrected chi connectivity index (χ4v) is 2.55. The lowest BCUT2D eigenvalue weighted by Gasteiger charge is -2.34. The molecule has 0 aromatic heterocycles. The van der Waals surface area contributed by atoms with E-state index in [0.717, 1.165) is 30.3 Å². The molecule has 20 heavy (non-hydrogen) atoms. The molecule has 1 saturated heterocycles. The van der Waals surface area contributed by atoms with Gasteiger partial charge in [0.25, 0.3) is 0 Å². The summed E-state index contributed by atoms with van der Waals surface area (Å²) < 4.78 is 0. The first-order chi connectivity index (χ1) is 9.60. The van der Waals surface area contributed by atoms with Crippen LogP contribution in [-0.4, -0.2) is 29.9 Å². The van der Waals surface area contributed by atoms with Gasteiger partial charge in [-0.1, -0.05) is 19.1 Å². The van der Waals surface area contributed by atoms with Crippen molar-refractivity contribution in [3.05, 3.63) is 29.8 Å². The van der Waals surface area contributed by atoms with Crippen LogP contribution in [-0.2, 0) is 11.3 Å². The van der Waals surface area contributed by atoms with E-state index in [9.17, 15) is 4.79 Å². The summed E-state index contributed by atoms with van der Waals surface area (Å²) in [6, 6.07) is 7.64. The van der Waals surface area contributed by atoms with Crippen LogP contribution >= 0.6 is 0 Å². The monoisotopic (exact) mass is 275 g/mol. The molecule has 1 amide bonds. The van der Waals surface area contributed by atoms with Crippen LogP contribution in [0.15, 0.2) is 24.3 Å². The minimum atomic E-state index is -0.0725. The largest absolute Gasteiger partial charge is 0.326 e. The van der Waals surface area contributed by atoms with Gasteiger partial charge in [-0.15, -0.1) is 0 Å². The molecule has 1 heterocycles. The van der Waals surface area contributed by atoms with Gasteiger partial charge in [-0.05, 0) is 56.5 Å².